The van der Waals surface area contributed by atoms with E-state index in [1.807, 2.05) is 51.1 Å². The summed E-state index contributed by atoms with van der Waals surface area (Å²) in [5.74, 6) is 1.66. The molecular weight excluding hydrogens is 316 g/mol. The van der Waals surface area contributed by atoms with E-state index in [9.17, 15) is 4.79 Å². The van der Waals surface area contributed by atoms with Crippen molar-refractivity contribution in [2.75, 3.05) is 26.2 Å². The first-order valence-electron chi connectivity index (χ1n) is 9.08. The topological polar surface area (TPSA) is 74.8 Å². The van der Waals surface area contributed by atoms with Crippen LogP contribution in [0.3, 0.4) is 0 Å². The lowest BCUT2D eigenvalue weighted by Gasteiger charge is -2.17. The minimum Gasteiger partial charge on any atom is -0.489 e. The Balaban J connectivity index is 2.45. The van der Waals surface area contributed by atoms with Crippen molar-refractivity contribution in [1.82, 2.24) is 16.0 Å². The van der Waals surface area contributed by atoms with Crippen molar-refractivity contribution >= 4 is 11.9 Å². The number of hydrogen-bond acceptors (Lipinski definition) is 3. The van der Waals surface area contributed by atoms with E-state index in [-0.39, 0.29) is 17.9 Å². The number of hydrogen-bond donors (Lipinski definition) is 3. The third-order valence-electron chi connectivity index (χ3n) is 3.54. The number of carbonyl (C=O) groups excluding carboxylic acids is 1. The molecule has 1 amide bonds. The van der Waals surface area contributed by atoms with Crippen LogP contribution in [0.5, 0.6) is 5.75 Å². The number of ether oxygens (including phenoxy) is 1. The van der Waals surface area contributed by atoms with Crippen molar-refractivity contribution in [3.05, 3.63) is 30.3 Å². The zero-order chi connectivity index (χ0) is 18.5. The SMILES string of the molecule is CCNC(=NCC(CC)Oc1ccccc1)NCCNC(=O)C(C)C. The summed E-state index contributed by atoms with van der Waals surface area (Å²) in [5, 5.41) is 9.31. The molecule has 0 aliphatic rings. The van der Waals surface area contributed by atoms with E-state index >= 15 is 0 Å². The molecule has 0 bridgehead atoms. The molecular formula is C19H32N4O2. The molecule has 0 heterocycles. The monoisotopic (exact) mass is 348 g/mol. The molecule has 0 fully saturated rings. The number of nitrogens with zero attached hydrogens (tertiary/aromatic N) is 1. The molecule has 0 radical (unpaired) electrons. The van der Waals surface area contributed by atoms with Gasteiger partial charge in [0, 0.05) is 25.6 Å². The first-order valence-corrected chi connectivity index (χ1v) is 9.08. The minimum atomic E-state index is 0.00218. The molecule has 1 atom stereocenters. The van der Waals surface area contributed by atoms with Crippen LogP contribution in [0.2, 0.25) is 0 Å². The van der Waals surface area contributed by atoms with Crippen LogP contribution >= 0.6 is 0 Å². The highest BCUT2D eigenvalue weighted by molar-refractivity contribution is 5.80. The number of amides is 1. The molecule has 1 unspecified atom stereocenters. The fraction of sp³-hybridized carbons (Fsp3) is 0.579. The molecule has 0 spiro atoms. The molecule has 1 aromatic carbocycles. The van der Waals surface area contributed by atoms with Crippen LogP contribution in [0.1, 0.15) is 34.1 Å². The lowest BCUT2D eigenvalue weighted by atomic mass is 10.2. The van der Waals surface area contributed by atoms with Crippen LogP contribution in [0, 0.1) is 5.92 Å². The van der Waals surface area contributed by atoms with E-state index in [2.05, 4.69) is 27.9 Å². The zero-order valence-corrected chi connectivity index (χ0v) is 15.8. The smallest absolute Gasteiger partial charge is 0.222 e. The minimum absolute atomic E-state index is 0.00218. The van der Waals surface area contributed by atoms with Crippen LogP contribution in [0.4, 0.5) is 0 Å². The summed E-state index contributed by atoms with van der Waals surface area (Å²) >= 11 is 0. The van der Waals surface area contributed by atoms with Crippen molar-refractivity contribution < 1.29 is 9.53 Å². The number of para-hydroxylation sites is 1. The molecule has 1 aromatic rings. The van der Waals surface area contributed by atoms with Gasteiger partial charge in [-0.1, -0.05) is 39.0 Å². The van der Waals surface area contributed by atoms with Gasteiger partial charge in [0.15, 0.2) is 5.96 Å². The number of rotatable bonds is 10. The van der Waals surface area contributed by atoms with Crippen molar-refractivity contribution in [2.24, 2.45) is 10.9 Å². The second kappa shape index (κ2) is 12.2. The summed E-state index contributed by atoms with van der Waals surface area (Å²) in [4.78, 5) is 16.1. The van der Waals surface area contributed by atoms with Gasteiger partial charge in [-0.15, -0.1) is 0 Å². The van der Waals surface area contributed by atoms with E-state index in [1.54, 1.807) is 0 Å². The number of aliphatic imine (C=N–C) groups is 1. The Bertz CT molecular complexity index is 517. The summed E-state index contributed by atoms with van der Waals surface area (Å²) in [6, 6.07) is 9.79. The fourth-order valence-corrected chi connectivity index (χ4v) is 2.05. The van der Waals surface area contributed by atoms with E-state index in [0.29, 0.717) is 19.6 Å². The molecule has 3 N–H and O–H groups in total. The van der Waals surface area contributed by atoms with Gasteiger partial charge in [0.1, 0.15) is 11.9 Å². The van der Waals surface area contributed by atoms with Gasteiger partial charge in [-0.05, 0) is 25.5 Å². The van der Waals surface area contributed by atoms with Crippen LogP contribution in [0.15, 0.2) is 35.3 Å². The maximum absolute atomic E-state index is 11.5. The number of carbonyl (C=O) groups is 1. The Kier molecular flexibility index (Phi) is 10.1. The Morgan fingerprint density at radius 3 is 2.36 bits per heavy atom. The van der Waals surface area contributed by atoms with Gasteiger partial charge >= 0.3 is 0 Å². The summed E-state index contributed by atoms with van der Waals surface area (Å²) < 4.78 is 5.96. The Hall–Kier alpha value is -2.24. The normalized spacial score (nSPS) is 12.6. The maximum Gasteiger partial charge on any atom is 0.222 e. The second-order valence-corrected chi connectivity index (χ2v) is 6.05. The highest BCUT2D eigenvalue weighted by atomic mass is 16.5. The standard InChI is InChI=1S/C19H32N4O2/c1-5-16(25-17-10-8-7-9-11-17)14-23-19(20-6-2)22-13-12-21-18(24)15(3)4/h7-11,15-16H,5-6,12-14H2,1-4H3,(H,21,24)(H2,20,22,23). The third kappa shape index (κ3) is 8.98. The molecule has 25 heavy (non-hydrogen) atoms. The van der Waals surface area contributed by atoms with Gasteiger partial charge in [-0.3, -0.25) is 4.79 Å². The van der Waals surface area contributed by atoms with Gasteiger partial charge in [0.25, 0.3) is 0 Å². The molecule has 6 heteroatoms. The van der Waals surface area contributed by atoms with Crippen molar-refractivity contribution in [3.8, 4) is 5.75 Å². The highest BCUT2D eigenvalue weighted by Crippen LogP contribution is 2.12. The molecule has 0 aromatic heterocycles. The summed E-state index contributed by atoms with van der Waals surface area (Å²) in [6.45, 7) is 10.4. The van der Waals surface area contributed by atoms with Crippen LogP contribution in [-0.4, -0.2) is 44.1 Å². The molecule has 1 rings (SSSR count). The Morgan fingerprint density at radius 2 is 1.76 bits per heavy atom. The predicted molar refractivity (Wildman–Crippen MR) is 103 cm³/mol. The highest BCUT2D eigenvalue weighted by Gasteiger charge is 2.09. The van der Waals surface area contributed by atoms with E-state index in [1.165, 1.54) is 0 Å². The predicted octanol–water partition coefficient (Wildman–Crippen LogP) is 2.17. The Morgan fingerprint density at radius 1 is 1.08 bits per heavy atom. The van der Waals surface area contributed by atoms with Crippen LogP contribution in [-0.2, 0) is 4.79 Å². The molecule has 0 saturated carbocycles. The van der Waals surface area contributed by atoms with E-state index < -0.39 is 0 Å². The summed E-state index contributed by atoms with van der Waals surface area (Å²) in [6.07, 6.45) is 0.904. The number of guanidine groups is 1. The molecule has 0 aliphatic carbocycles. The first kappa shape index (κ1) is 20.8. The Labute approximate surface area is 151 Å². The second-order valence-electron chi connectivity index (χ2n) is 6.05. The van der Waals surface area contributed by atoms with Crippen LogP contribution < -0.4 is 20.7 Å². The lowest BCUT2D eigenvalue weighted by molar-refractivity contribution is -0.123. The van der Waals surface area contributed by atoms with Gasteiger partial charge in [0.05, 0.1) is 6.54 Å². The summed E-state index contributed by atoms with van der Waals surface area (Å²) in [7, 11) is 0. The quantitative estimate of drug-likeness (QED) is 0.344. The summed E-state index contributed by atoms with van der Waals surface area (Å²) in [5.41, 5.74) is 0. The van der Waals surface area contributed by atoms with Gasteiger partial charge in [-0.25, -0.2) is 4.99 Å². The third-order valence-corrected chi connectivity index (χ3v) is 3.54. The number of benzene rings is 1. The fourth-order valence-electron chi connectivity index (χ4n) is 2.05. The van der Waals surface area contributed by atoms with Gasteiger partial charge in [0.2, 0.25) is 5.91 Å². The molecule has 0 saturated heterocycles. The average Bonchev–Trinajstić information content (AvgIpc) is 2.62. The molecule has 140 valence electrons. The van der Waals surface area contributed by atoms with E-state index in [0.717, 1.165) is 24.7 Å². The van der Waals surface area contributed by atoms with Crippen molar-refractivity contribution in [2.45, 2.75) is 40.2 Å². The van der Waals surface area contributed by atoms with Crippen LogP contribution in [0.25, 0.3) is 0 Å². The zero-order valence-electron chi connectivity index (χ0n) is 15.8. The number of nitrogens with one attached hydrogen (secondary N) is 3. The van der Waals surface area contributed by atoms with Crippen molar-refractivity contribution in [3.63, 3.8) is 0 Å². The largest absolute Gasteiger partial charge is 0.489 e. The average molecular weight is 348 g/mol. The first-order chi connectivity index (χ1) is 12.1. The molecule has 6 nitrogen and oxygen atoms in total. The molecule has 0 aliphatic heterocycles. The van der Waals surface area contributed by atoms with Gasteiger partial charge < -0.3 is 20.7 Å². The maximum atomic E-state index is 11.5. The van der Waals surface area contributed by atoms with Crippen molar-refractivity contribution in [1.29, 1.82) is 0 Å². The van der Waals surface area contributed by atoms with E-state index in [4.69, 9.17) is 4.74 Å². The lowest BCUT2D eigenvalue weighted by Crippen LogP contribution is -2.42. The van der Waals surface area contributed by atoms with Gasteiger partial charge in [-0.2, -0.15) is 0 Å².